The van der Waals surface area contributed by atoms with Gasteiger partial charge in [-0.25, -0.2) is 0 Å². The largest absolute Gasteiger partial charge is 0.285 e. The van der Waals surface area contributed by atoms with Crippen molar-refractivity contribution in [3.8, 4) is 0 Å². The number of rotatable bonds is 3. The van der Waals surface area contributed by atoms with Gasteiger partial charge in [-0.3, -0.25) is 4.55 Å². The van der Waals surface area contributed by atoms with Crippen molar-refractivity contribution < 1.29 is 13.0 Å². The van der Waals surface area contributed by atoms with E-state index in [-0.39, 0.29) is 5.92 Å². The lowest BCUT2D eigenvalue weighted by Gasteiger charge is -2.30. The summed E-state index contributed by atoms with van der Waals surface area (Å²) < 4.78 is 31.4. The zero-order valence-corrected chi connectivity index (χ0v) is 9.76. The van der Waals surface area contributed by atoms with Crippen LogP contribution in [0.1, 0.15) is 46.0 Å². The van der Waals surface area contributed by atoms with Crippen LogP contribution >= 0.6 is 0 Å². The molecule has 1 aliphatic carbocycles. The first kappa shape index (κ1) is 12.0. The van der Waals surface area contributed by atoms with Crippen molar-refractivity contribution in [3.05, 3.63) is 0 Å². The molecule has 0 aromatic heterocycles. The van der Waals surface area contributed by atoms with Crippen LogP contribution in [-0.4, -0.2) is 18.2 Å². The molecule has 2 atom stereocenters. The predicted molar refractivity (Wildman–Crippen MR) is 56.7 cm³/mol. The van der Waals surface area contributed by atoms with E-state index in [0.717, 1.165) is 25.7 Å². The Labute approximate surface area is 86.6 Å². The van der Waals surface area contributed by atoms with Crippen molar-refractivity contribution in [1.82, 2.24) is 0 Å². The molecule has 0 aromatic carbocycles. The van der Waals surface area contributed by atoms with Crippen molar-refractivity contribution >= 4 is 10.1 Å². The standard InChI is InChI=1S/C10H20O3S/c1-8(2)7-9-5-3-4-6-10(9)14(11,12)13/h8-10H,3-7H2,1-2H3,(H,11,12,13)/t9-,10+/m1/s1. The van der Waals surface area contributed by atoms with Crippen LogP contribution in [0.25, 0.3) is 0 Å². The van der Waals surface area contributed by atoms with Crippen molar-refractivity contribution in [2.45, 2.75) is 51.2 Å². The van der Waals surface area contributed by atoms with Gasteiger partial charge in [-0.15, -0.1) is 0 Å². The molecule has 3 nitrogen and oxygen atoms in total. The third kappa shape index (κ3) is 3.24. The van der Waals surface area contributed by atoms with Crippen LogP contribution in [-0.2, 0) is 10.1 Å². The molecule has 0 aliphatic heterocycles. The minimum atomic E-state index is -3.82. The molecule has 4 heteroatoms. The molecule has 1 aliphatic rings. The van der Waals surface area contributed by atoms with Crippen molar-refractivity contribution in [1.29, 1.82) is 0 Å². The normalized spacial score (nSPS) is 29.4. The van der Waals surface area contributed by atoms with E-state index in [4.69, 9.17) is 4.55 Å². The first-order valence-electron chi connectivity index (χ1n) is 5.37. The highest BCUT2D eigenvalue weighted by Gasteiger charge is 2.34. The second kappa shape index (κ2) is 4.62. The minimum Gasteiger partial charge on any atom is -0.285 e. The van der Waals surface area contributed by atoms with E-state index >= 15 is 0 Å². The topological polar surface area (TPSA) is 54.4 Å². The number of hydrogen-bond acceptors (Lipinski definition) is 2. The van der Waals surface area contributed by atoms with Gasteiger partial charge < -0.3 is 0 Å². The average Bonchev–Trinajstić information content (AvgIpc) is 2.01. The Morgan fingerprint density at radius 1 is 1.29 bits per heavy atom. The van der Waals surface area contributed by atoms with Gasteiger partial charge in [0.05, 0.1) is 5.25 Å². The van der Waals surface area contributed by atoms with E-state index in [2.05, 4.69) is 13.8 Å². The van der Waals surface area contributed by atoms with Crippen LogP contribution in [0, 0.1) is 11.8 Å². The van der Waals surface area contributed by atoms with Crippen molar-refractivity contribution in [2.24, 2.45) is 11.8 Å². The molecular formula is C10H20O3S. The molecule has 1 rings (SSSR count). The molecule has 0 aromatic rings. The summed E-state index contributed by atoms with van der Waals surface area (Å²) in [5, 5.41) is -0.501. The van der Waals surface area contributed by atoms with Gasteiger partial charge >= 0.3 is 0 Å². The molecule has 1 fully saturated rings. The maximum absolute atomic E-state index is 11.1. The first-order chi connectivity index (χ1) is 6.41. The van der Waals surface area contributed by atoms with Gasteiger partial charge in [0.15, 0.2) is 0 Å². The van der Waals surface area contributed by atoms with Gasteiger partial charge in [-0.2, -0.15) is 8.42 Å². The SMILES string of the molecule is CC(C)C[C@H]1CCCC[C@@H]1S(=O)(=O)O. The summed E-state index contributed by atoms with van der Waals surface area (Å²) in [6.07, 6.45) is 4.52. The van der Waals surface area contributed by atoms with Crippen LogP contribution in [0.2, 0.25) is 0 Å². The lowest BCUT2D eigenvalue weighted by Crippen LogP contribution is -2.33. The highest BCUT2D eigenvalue weighted by atomic mass is 32.2. The van der Waals surface area contributed by atoms with Crippen LogP contribution < -0.4 is 0 Å². The fourth-order valence-corrected chi connectivity index (χ4v) is 3.64. The summed E-state index contributed by atoms with van der Waals surface area (Å²) in [4.78, 5) is 0. The lowest BCUT2D eigenvalue weighted by molar-refractivity contribution is 0.293. The first-order valence-corrected chi connectivity index (χ1v) is 6.88. The van der Waals surface area contributed by atoms with Gasteiger partial charge in [0.2, 0.25) is 0 Å². The van der Waals surface area contributed by atoms with E-state index in [1.807, 2.05) is 0 Å². The van der Waals surface area contributed by atoms with Crippen molar-refractivity contribution in [3.63, 3.8) is 0 Å². The summed E-state index contributed by atoms with van der Waals surface area (Å²) in [5.74, 6) is 0.668. The van der Waals surface area contributed by atoms with Gasteiger partial charge in [0.1, 0.15) is 0 Å². The third-order valence-corrected chi connectivity index (χ3v) is 4.38. The summed E-state index contributed by atoms with van der Waals surface area (Å²) >= 11 is 0. The Hall–Kier alpha value is -0.0900. The molecule has 0 heterocycles. The summed E-state index contributed by atoms with van der Waals surface area (Å²) in [5.41, 5.74) is 0. The van der Waals surface area contributed by atoms with E-state index in [1.54, 1.807) is 0 Å². The number of hydrogen-bond donors (Lipinski definition) is 1. The fraction of sp³-hybridized carbons (Fsp3) is 1.00. The van der Waals surface area contributed by atoms with Crippen LogP contribution in [0.15, 0.2) is 0 Å². The Bertz CT molecular complexity index is 269. The summed E-state index contributed by atoms with van der Waals surface area (Å²) in [6.45, 7) is 4.19. The van der Waals surface area contributed by atoms with Crippen LogP contribution in [0.5, 0.6) is 0 Å². The molecular weight excluding hydrogens is 200 g/mol. The van der Waals surface area contributed by atoms with E-state index < -0.39 is 15.4 Å². The second-order valence-electron chi connectivity index (χ2n) is 4.73. The Kier molecular flexibility index (Phi) is 3.95. The van der Waals surface area contributed by atoms with Crippen molar-refractivity contribution in [2.75, 3.05) is 0 Å². The van der Waals surface area contributed by atoms with Crippen LogP contribution in [0.4, 0.5) is 0 Å². The zero-order chi connectivity index (χ0) is 10.8. The molecule has 0 spiro atoms. The quantitative estimate of drug-likeness (QED) is 0.743. The van der Waals surface area contributed by atoms with Gasteiger partial charge in [-0.1, -0.05) is 26.7 Å². The van der Waals surface area contributed by atoms with Gasteiger partial charge in [0, 0.05) is 0 Å². The van der Waals surface area contributed by atoms with E-state index in [1.165, 1.54) is 0 Å². The molecule has 1 saturated carbocycles. The molecule has 14 heavy (non-hydrogen) atoms. The average molecular weight is 220 g/mol. The third-order valence-electron chi connectivity index (χ3n) is 3.00. The van der Waals surface area contributed by atoms with E-state index in [9.17, 15) is 8.42 Å². The summed E-state index contributed by atoms with van der Waals surface area (Å²) in [6, 6.07) is 0. The Balaban J connectivity index is 2.69. The maximum Gasteiger partial charge on any atom is 0.268 e. The summed E-state index contributed by atoms with van der Waals surface area (Å²) in [7, 11) is -3.82. The second-order valence-corrected chi connectivity index (χ2v) is 6.36. The monoisotopic (exact) mass is 220 g/mol. The molecule has 84 valence electrons. The Morgan fingerprint density at radius 3 is 2.36 bits per heavy atom. The minimum absolute atomic E-state index is 0.166. The molecule has 0 saturated heterocycles. The lowest BCUT2D eigenvalue weighted by atomic mass is 9.83. The zero-order valence-electron chi connectivity index (χ0n) is 8.94. The molecule has 0 unspecified atom stereocenters. The molecule has 0 radical (unpaired) electrons. The van der Waals surface area contributed by atoms with Gasteiger partial charge in [0.25, 0.3) is 10.1 Å². The van der Waals surface area contributed by atoms with E-state index in [0.29, 0.717) is 12.3 Å². The van der Waals surface area contributed by atoms with Gasteiger partial charge in [-0.05, 0) is 31.1 Å². The highest BCUT2D eigenvalue weighted by molar-refractivity contribution is 7.86. The molecule has 1 N–H and O–H groups in total. The smallest absolute Gasteiger partial charge is 0.268 e. The van der Waals surface area contributed by atoms with Crippen LogP contribution in [0.3, 0.4) is 0 Å². The Morgan fingerprint density at radius 2 is 1.86 bits per heavy atom. The molecule has 0 amide bonds. The highest BCUT2D eigenvalue weighted by Crippen LogP contribution is 2.33. The molecule has 0 bridgehead atoms. The fourth-order valence-electron chi connectivity index (χ4n) is 2.44. The maximum atomic E-state index is 11.1. The predicted octanol–water partition coefficient (Wildman–Crippen LogP) is 2.48.